The number of Topliss-reactive ketones (excluding diaryl/α,β-unsaturated/α-hetero) is 2. The third-order valence-electron chi connectivity index (χ3n) is 4.00. The van der Waals surface area contributed by atoms with Crippen molar-refractivity contribution in [2.24, 2.45) is 0 Å². The number of hydrogen-bond donors (Lipinski definition) is 2. The number of carboxylic acids is 1. The Bertz CT molecular complexity index is 414. The predicted octanol–water partition coefficient (Wildman–Crippen LogP) is 3.84. The highest BCUT2D eigenvalue weighted by Crippen LogP contribution is 2.17. The van der Waals surface area contributed by atoms with Crippen LogP contribution in [0.3, 0.4) is 0 Å². The molecule has 0 aliphatic carbocycles. The lowest BCUT2D eigenvalue weighted by Gasteiger charge is -2.21. The average molecular weight is 374 g/mol. The third kappa shape index (κ3) is 13.0. The van der Waals surface area contributed by atoms with Crippen molar-refractivity contribution >= 4 is 29.3 Å². The molecule has 0 heterocycles. The third-order valence-corrected chi connectivity index (χ3v) is 5.26. The number of thioether (sulfide) groups is 1. The first kappa shape index (κ1) is 24.1. The standard InChI is InChI=1S/C19H35NO4S/c1-5-7-9-16(21)11-14(3)20-18(19(23)24)13-25-15(4)12-17(22)10-8-6-2/h14-15,18,20H,5-13H2,1-4H3,(H,23,24). The summed E-state index contributed by atoms with van der Waals surface area (Å²) in [6.07, 6.45) is 5.81. The highest BCUT2D eigenvalue weighted by molar-refractivity contribution is 7.99. The molecule has 146 valence electrons. The molecule has 0 radical (unpaired) electrons. The molecule has 0 aromatic rings. The van der Waals surface area contributed by atoms with E-state index in [0.717, 1.165) is 25.7 Å². The first-order chi connectivity index (χ1) is 11.8. The lowest BCUT2D eigenvalue weighted by Crippen LogP contribution is -2.44. The number of rotatable bonds is 16. The van der Waals surface area contributed by atoms with E-state index in [9.17, 15) is 19.5 Å². The summed E-state index contributed by atoms with van der Waals surface area (Å²) in [7, 11) is 0. The van der Waals surface area contributed by atoms with Crippen LogP contribution in [0.5, 0.6) is 0 Å². The molecule has 0 rings (SSSR count). The van der Waals surface area contributed by atoms with Crippen LogP contribution in [0.15, 0.2) is 0 Å². The fourth-order valence-electron chi connectivity index (χ4n) is 2.53. The van der Waals surface area contributed by atoms with Gasteiger partial charge in [0, 0.05) is 42.7 Å². The minimum absolute atomic E-state index is 0.106. The molecule has 0 fully saturated rings. The molecule has 0 aromatic carbocycles. The Hall–Kier alpha value is -0.880. The average Bonchev–Trinajstić information content (AvgIpc) is 2.54. The lowest BCUT2D eigenvalue weighted by molar-refractivity contribution is -0.139. The molecule has 25 heavy (non-hydrogen) atoms. The highest BCUT2D eigenvalue weighted by Gasteiger charge is 2.22. The minimum Gasteiger partial charge on any atom is -0.480 e. The number of hydrogen-bond acceptors (Lipinski definition) is 5. The normalized spacial score (nSPS) is 14.7. The van der Waals surface area contributed by atoms with Crippen LogP contribution in [0.4, 0.5) is 0 Å². The van der Waals surface area contributed by atoms with Gasteiger partial charge < -0.3 is 10.4 Å². The molecular weight excluding hydrogens is 338 g/mol. The molecule has 5 nitrogen and oxygen atoms in total. The topological polar surface area (TPSA) is 83.5 Å². The van der Waals surface area contributed by atoms with Crippen molar-refractivity contribution in [1.29, 1.82) is 0 Å². The van der Waals surface area contributed by atoms with Gasteiger partial charge in [-0.1, -0.05) is 33.6 Å². The van der Waals surface area contributed by atoms with Crippen LogP contribution in [0.2, 0.25) is 0 Å². The molecule has 0 bridgehead atoms. The minimum atomic E-state index is -0.912. The van der Waals surface area contributed by atoms with Crippen LogP contribution < -0.4 is 5.32 Å². The van der Waals surface area contributed by atoms with Gasteiger partial charge >= 0.3 is 5.97 Å². The van der Waals surface area contributed by atoms with Crippen molar-refractivity contribution < 1.29 is 19.5 Å². The number of ketones is 2. The van der Waals surface area contributed by atoms with Crippen molar-refractivity contribution in [1.82, 2.24) is 5.32 Å². The number of nitrogens with one attached hydrogen (secondary N) is 1. The summed E-state index contributed by atoms with van der Waals surface area (Å²) >= 11 is 1.50. The second-order valence-corrected chi connectivity index (χ2v) is 8.27. The molecule has 3 unspecified atom stereocenters. The molecule has 0 spiro atoms. The Kier molecular flexibility index (Phi) is 13.8. The summed E-state index contributed by atoms with van der Waals surface area (Å²) in [5.74, 6) is -0.0969. The van der Waals surface area contributed by atoms with Crippen LogP contribution in [0.1, 0.15) is 79.1 Å². The van der Waals surface area contributed by atoms with Gasteiger partial charge in [-0.3, -0.25) is 14.4 Å². The lowest BCUT2D eigenvalue weighted by atomic mass is 10.1. The van der Waals surface area contributed by atoms with E-state index in [1.807, 2.05) is 20.8 Å². The molecule has 6 heteroatoms. The van der Waals surface area contributed by atoms with E-state index in [-0.39, 0.29) is 22.9 Å². The van der Waals surface area contributed by atoms with Crippen LogP contribution in [-0.2, 0) is 14.4 Å². The van der Waals surface area contributed by atoms with Crippen molar-refractivity contribution in [2.45, 2.75) is 96.4 Å². The van der Waals surface area contributed by atoms with Crippen LogP contribution in [0, 0.1) is 0 Å². The summed E-state index contributed by atoms with van der Waals surface area (Å²) < 4.78 is 0. The predicted molar refractivity (Wildman–Crippen MR) is 104 cm³/mol. The smallest absolute Gasteiger partial charge is 0.321 e. The highest BCUT2D eigenvalue weighted by atomic mass is 32.2. The Labute approximate surface area is 156 Å². The second kappa shape index (κ2) is 14.3. The van der Waals surface area contributed by atoms with Gasteiger partial charge in [-0.25, -0.2) is 0 Å². The quantitative estimate of drug-likeness (QED) is 0.428. The SMILES string of the molecule is CCCCC(=O)CC(C)NC(CSC(C)CC(=O)CCCC)C(=O)O. The molecule has 2 N–H and O–H groups in total. The number of carbonyl (C=O) groups is 3. The monoisotopic (exact) mass is 373 g/mol. The van der Waals surface area contributed by atoms with Crippen molar-refractivity contribution in [2.75, 3.05) is 5.75 Å². The molecule has 0 aliphatic heterocycles. The van der Waals surface area contributed by atoms with Gasteiger partial charge in [0.05, 0.1) is 0 Å². The summed E-state index contributed by atoms with van der Waals surface area (Å²) in [6.45, 7) is 7.91. The molecule has 0 aliphatic rings. The van der Waals surface area contributed by atoms with Gasteiger partial charge in [-0.2, -0.15) is 11.8 Å². The van der Waals surface area contributed by atoms with Crippen molar-refractivity contribution in [3.63, 3.8) is 0 Å². The van der Waals surface area contributed by atoms with Gasteiger partial charge in [-0.05, 0) is 19.8 Å². The van der Waals surface area contributed by atoms with Gasteiger partial charge in [-0.15, -0.1) is 0 Å². The first-order valence-electron chi connectivity index (χ1n) is 9.43. The summed E-state index contributed by atoms with van der Waals surface area (Å²) in [5.41, 5.74) is 0. The molecule has 0 aromatic heterocycles. The van der Waals surface area contributed by atoms with Crippen molar-refractivity contribution in [3.05, 3.63) is 0 Å². The van der Waals surface area contributed by atoms with Gasteiger partial charge in [0.25, 0.3) is 0 Å². The van der Waals surface area contributed by atoms with E-state index in [4.69, 9.17) is 0 Å². The summed E-state index contributed by atoms with van der Waals surface area (Å²) in [5, 5.41) is 12.5. The Morgan fingerprint density at radius 2 is 1.48 bits per heavy atom. The Morgan fingerprint density at radius 3 is 1.96 bits per heavy atom. The molecule has 3 atom stereocenters. The Morgan fingerprint density at radius 1 is 0.960 bits per heavy atom. The largest absolute Gasteiger partial charge is 0.480 e. The first-order valence-corrected chi connectivity index (χ1v) is 10.5. The zero-order chi connectivity index (χ0) is 19.2. The molecule has 0 saturated heterocycles. The second-order valence-electron chi connectivity index (χ2n) is 6.80. The maximum atomic E-state index is 11.8. The van der Waals surface area contributed by atoms with Crippen LogP contribution >= 0.6 is 11.8 Å². The Balaban J connectivity index is 4.26. The van der Waals surface area contributed by atoms with Gasteiger partial charge in [0.15, 0.2) is 0 Å². The maximum Gasteiger partial charge on any atom is 0.321 e. The summed E-state index contributed by atoms with van der Waals surface area (Å²) in [6, 6.07) is -0.861. The van der Waals surface area contributed by atoms with E-state index in [1.165, 1.54) is 11.8 Å². The number of carboxylic acid groups (broad SMARTS) is 1. The van der Waals surface area contributed by atoms with Crippen LogP contribution in [-0.4, -0.2) is 45.7 Å². The van der Waals surface area contributed by atoms with Crippen LogP contribution in [0.25, 0.3) is 0 Å². The zero-order valence-corrected chi connectivity index (χ0v) is 17.0. The molecular formula is C19H35NO4S. The van der Waals surface area contributed by atoms with Crippen molar-refractivity contribution in [3.8, 4) is 0 Å². The number of aliphatic carboxylic acids is 1. The molecule has 0 saturated carbocycles. The number of unbranched alkanes of at least 4 members (excludes halogenated alkanes) is 2. The van der Waals surface area contributed by atoms with Gasteiger partial charge in [0.2, 0.25) is 0 Å². The van der Waals surface area contributed by atoms with E-state index in [1.54, 1.807) is 0 Å². The van der Waals surface area contributed by atoms with Gasteiger partial charge in [0.1, 0.15) is 17.6 Å². The molecule has 0 amide bonds. The zero-order valence-electron chi connectivity index (χ0n) is 16.2. The summed E-state index contributed by atoms with van der Waals surface area (Å²) in [4.78, 5) is 35.0. The van der Waals surface area contributed by atoms with E-state index in [2.05, 4.69) is 12.2 Å². The fourth-order valence-corrected chi connectivity index (χ4v) is 3.59. The van der Waals surface area contributed by atoms with E-state index < -0.39 is 12.0 Å². The van der Waals surface area contributed by atoms with E-state index >= 15 is 0 Å². The number of carbonyl (C=O) groups excluding carboxylic acids is 2. The van der Waals surface area contributed by atoms with E-state index in [0.29, 0.717) is 31.4 Å². The maximum absolute atomic E-state index is 11.8. The fraction of sp³-hybridized carbons (Fsp3) is 0.842.